The Bertz CT molecular complexity index is 572. The van der Waals surface area contributed by atoms with Gasteiger partial charge in [0.15, 0.2) is 0 Å². The predicted octanol–water partition coefficient (Wildman–Crippen LogP) is 4.18. The van der Waals surface area contributed by atoms with Crippen molar-refractivity contribution in [3.8, 4) is 5.75 Å². The first-order chi connectivity index (χ1) is 9.54. The lowest BCUT2D eigenvalue weighted by Gasteiger charge is -2.09. The van der Waals surface area contributed by atoms with Crippen LogP contribution in [0.2, 0.25) is 0 Å². The summed E-state index contributed by atoms with van der Waals surface area (Å²) in [5.41, 5.74) is 0.912. The highest BCUT2D eigenvalue weighted by molar-refractivity contribution is 5.46. The van der Waals surface area contributed by atoms with Crippen molar-refractivity contribution in [2.24, 2.45) is 0 Å². The zero-order chi connectivity index (χ0) is 14.5. The molecule has 0 aliphatic rings. The Morgan fingerprint density at radius 3 is 2.30 bits per heavy atom. The molecule has 20 heavy (non-hydrogen) atoms. The van der Waals surface area contributed by atoms with Crippen molar-refractivity contribution in [2.45, 2.75) is 13.2 Å². The van der Waals surface area contributed by atoms with Crippen molar-refractivity contribution in [1.82, 2.24) is 0 Å². The first-order valence-corrected chi connectivity index (χ1v) is 5.77. The Morgan fingerprint density at radius 2 is 1.70 bits per heavy atom. The highest BCUT2D eigenvalue weighted by atomic mass is 19.3. The minimum absolute atomic E-state index is 0.0403. The van der Waals surface area contributed by atoms with E-state index in [1.165, 1.54) is 36.4 Å². The molecule has 2 nitrogen and oxygen atoms in total. The van der Waals surface area contributed by atoms with E-state index in [0.717, 1.165) is 6.07 Å². The summed E-state index contributed by atoms with van der Waals surface area (Å²) in [6, 6.07) is 9.10. The summed E-state index contributed by atoms with van der Waals surface area (Å²) >= 11 is 0. The quantitative estimate of drug-likeness (QED) is 0.832. The Hall–Kier alpha value is -2.24. The molecule has 1 N–H and O–H groups in total. The summed E-state index contributed by atoms with van der Waals surface area (Å²) in [5, 5.41) is 2.90. The number of anilines is 1. The largest absolute Gasteiger partial charge is 0.435 e. The van der Waals surface area contributed by atoms with Crippen LogP contribution in [0, 0.1) is 11.6 Å². The zero-order valence-electron chi connectivity index (χ0n) is 10.2. The van der Waals surface area contributed by atoms with Gasteiger partial charge in [0, 0.05) is 23.9 Å². The Balaban J connectivity index is 1.96. The van der Waals surface area contributed by atoms with Crippen LogP contribution < -0.4 is 10.1 Å². The third kappa shape index (κ3) is 3.88. The van der Waals surface area contributed by atoms with Crippen LogP contribution in [0.5, 0.6) is 5.75 Å². The third-order valence-corrected chi connectivity index (χ3v) is 2.58. The molecule has 0 amide bonds. The second-order valence-corrected chi connectivity index (χ2v) is 3.99. The van der Waals surface area contributed by atoms with E-state index in [9.17, 15) is 17.6 Å². The Morgan fingerprint density at radius 1 is 1.00 bits per heavy atom. The van der Waals surface area contributed by atoms with Gasteiger partial charge in [-0.2, -0.15) is 8.78 Å². The molecule has 0 saturated heterocycles. The van der Waals surface area contributed by atoms with Gasteiger partial charge in [-0.1, -0.05) is 6.07 Å². The molecule has 2 aromatic carbocycles. The maximum atomic E-state index is 13.4. The van der Waals surface area contributed by atoms with Crippen LogP contribution in [0.1, 0.15) is 5.56 Å². The van der Waals surface area contributed by atoms with Gasteiger partial charge in [0.25, 0.3) is 0 Å². The molecular weight excluding hydrogens is 274 g/mol. The monoisotopic (exact) mass is 285 g/mol. The lowest BCUT2D eigenvalue weighted by molar-refractivity contribution is -0.0498. The van der Waals surface area contributed by atoms with E-state index >= 15 is 0 Å². The highest BCUT2D eigenvalue weighted by Crippen LogP contribution is 2.19. The molecule has 0 unspecified atom stereocenters. The number of alkyl halides is 2. The van der Waals surface area contributed by atoms with E-state index in [4.69, 9.17) is 0 Å². The molecule has 0 saturated carbocycles. The first kappa shape index (κ1) is 14.2. The summed E-state index contributed by atoms with van der Waals surface area (Å²) in [6.07, 6.45) is 0. The van der Waals surface area contributed by atoms with Crippen molar-refractivity contribution in [2.75, 3.05) is 5.32 Å². The van der Waals surface area contributed by atoms with Crippen LogP contribution in [0.25, 0.3) is 0 Å². The molecule has 0 radical (unpaired) electrons. The molecule has 0 fully saturated rings. The molecule has 2 rings (SSSR count). The SMILES string of the molecule is Fc1ccc(CNc2ccc(OC(F)F)cc2)c(F)c1. The molecule has 0 heterocycles. The zero-order valence-corrected chi connectivity index (χ0v) is 10.2. The van der Waals surface area contributed by atoms with Gasteiger partial charge in [0.2, 0.25) is 0 Å². The fourth-order valence-corrected chi connectivity index (χ4v) is 1.62. The van der Waals surface area contributed by atoms with Gasteiger partial charge in [0.05, 0.1) is 0 Å². The molecule has 0 aliphatic heterocycles. The first-order valence-electron chi connectivity index (χ1n) is 5.77. The van der Waals surface area contributed by atoms with Gasteiger partial charge < -0.3 is 10.1 Å². The number of halogens is 4. The second-order valence-electron chi connectivity index (χ2n) is 3.99. The Kier molecular flexibility index (Phi) is 4.45. The highest BCUT2D eigenvalue weighted by Gasteiger charge is 2.05. The number of hydrogen-bond donors (Lipinski definition) is 1. The number of hydrogen-bond acceptors (Lipinski definition) is 2. The Labute approximate surface area is 113 Å². The standard InChI is InChI=1S/C14H11F4NO/c15-10-2-1-9(13(16)7-10)8-19-11-3-5-12(6-4-11)20-14(17)18/h1-7,14,19H,8H2. The van der Waals surface area contributed by atoms with Gasteiger partial charge in [0.1, 0.15) is 17.4 Å². The van der Waals surface area contributed by atoms with Crippen LogP contribution in [-0.2, 0) is 6.54 Å². The normalized spacial score (nSPS) is 10.7. The molecule has 0 aliphatic carbocycles. The van der Waals surface area contributed by atoms with E-state index in [-0.39, 0.29) is 12.3 Å². The molecule has 0 bridgehead atoms. The van der Waals surface area contributed by atoms with E-state index in [1.54, 1.807) is 0 Å². The average Bonchev–Trinajstić information content (AvgIpc) is 2.39. The number of ether oxygens (including phenoxy) is 1. The summed E-state index contributed by atoms with van der Waals surface area (Å²) < 4.78 is 54.2. The van der Waals surface area contributed by atoms with Crippen molar-refractivity contribution in [1.29, 1.82) is 0 Å². The lowest BCUT2D eigenvalue weighted by Crippen LogP contribution is -2.03. The number of benzene rings is 2. The van der Waals surface area contributed by atoms with Crippen LogP contribution >= 0.6 is 0 Å². The maximum absolute atomic E-state index is 13.4. The molecule has 106 valence electrons. The van der Waals surface area contributed by atoms with Crippen molar-refractivity contribution >= 4 is 5.69 Å². The topological polar surface area (TPSA) is 21.3 Å². The van der Waals surface area contributed by atoms with Gasteiger partial charge in [-0.25, -0.2) is 8.78 Å². The van der Waals surface area contributed by atoms with E-state index in [0.29, 0.717) is 11.3 Å². The summed E-state index contributed by atoms with van der Waals surface area (Å²) in [6.45, 7) is -2.72. The fraction of sp³-hybridized carbons (Fsp3) is 0.143. The van der Waals surface area contributed by atoms with Crippen LogP contribution in [0.15, 0.2) is 42.5 Å². The van der Waals surface area contributed by atoms with Gasteiger partial charge in [-0.05, 0) is 30.3 Å². The molecule has 0 spiro atoms. The number of rotatable bonds is 5. The molecule has 2 aromatic rings. The lowest BCUT2D eigenvalue weighted by atomic mass is 10.2. The summed E-state index contributed by atoms with van der Waals surface area (Å²) in [7, 11) is 0. The van der Waals surface area contributed by atoms with E-state index in [1.807, 2.05) is 0 Å². The minimum Gasteiger partial charge on any atom is -0.435 e. The minimum atomic E-state index is -2.87. The van der Waals surface area contributed by atoms with Gasteiger partial charge >= 0.3 is 6.61 Å². The van der Waals surface area contributed by atoms with E-state index in [2.05, 4.69) is 10.1 Å². The third-order valence-electron chi connectivity index (χ3n) is 2.58. The molecule has 0 aromatic heterocycles. The van der Waals surface area contributed by atoms with Crippen molar-refractivity contribution in [3.63, 3.8) is 0 Å². The number of nitrogens with one attached hydrogen (secondary N) is 1. The van der Waals surface area contributed by atoms with Crippen molar-refractivity contribution < 1.29 is 22.3 Å². The second kappa shape index (κ2) is 6.27. The molecule has 0 atom stereocenters. The predicted molar refractivity (Wildman–Crippen MR) is 66.8 cm³/mol. The average molecular weight is 285 g/mol. The fourth-order valence-electron chi connectivity index (χ4n) is 1.62. The molecular formula is C14H11F4NO. The van der Waals surface area contributed by atoms with Crippen LogP contribution in [0.3, 0.4) is 0 Å². The van der Waals surface area contributed by atoms with Crippen molar-refractivity contribution in [3.05, 3.63) is 59.7 Å². The van der Waals surface area contributed by atoms with Crippen LogP contribution in [0.4, 0.5) is 23.2 Å². The van der Waals surface area contributed by atoms with Gasteiger partial charge in [-0.3, -0.25) is 0 Å². The van der Waals surface area contributed by atoms with Crippen LogP contribution in [-0.4, -0.2) is 6.61 Å². The summed E-state index contributed by atoms with van der Waals surface area (Å²) in [5.74, 6) is -1.24. The summed E-state index contributed by atoms with van der Waals surface area (Å²) in [4.78, 5) is 0. The van der Waals surface area contributed by atoms with Gasteiger partial charge in [-0.15, -0.1) is 0 Å². The maximum Gasteiger partial charge on any atom is 0.387 e. The molecule has 6 heteroatoms. The smallest absolute Gasteiger partial charge is 0.387 e. The van der Waals surface area contributed by atoms with E-state index < -0.39 is 18.2 Å².